The number of hydrogen-bond acceptors (Lipinski definition) is 6. The molecule has 1 N–H and O–H groups in total. The first-order valence-corrected chi connectivity index (χ1v) is 11.6. The summed E-state index contributed by atoms with van der Waals surface area (Å²) in [6, 6.07) is 19.1. The molecular weight excluding hydrogens is 458 g/mol. The van der Waals surface area contributed by atoms with E-state index in [4.69, 9.17) is 14.2 Å². The third kappa shape index (κ3) is 4.77. The molecule has 1 fully saturated rings. The molecule has 1 aliphatic rings. The highest BCUT2D eigenvalue weighted by molar-refractivity contribution is 6.46. The van der Waals surface area contributed by atoms with Crippen molar-refractivity contribution in [3.8, 4) is 17.2 Å². The quantitative estimate of drug-likeness (QED) is 0.282. The Morgan fingerprint density at radius 3 is 2.03 bits per heavy atom. The van der Waals surface area contributed by atoms with Crippen LogP contribution in [0, 0.1) is 6.92 Å². The van der Waals surface area contributed by atoms with E-state index in [0.717, 1.165) is 16.9 Å². The fraction of sp³-hybridized carbons (Fsp3) is 0.241. The standard InChI is InChI=1S/C29H29NO6/c1-18-17-21(9-14-24(18)36-4)27(31)25-26(20-7-12-23(35-3)13-8-20)30(29(33)28(25)32)16-15-19-5-10-22(34-2)11-6-19/h5-14,17,26,31H,15-16H2,1-4H3/b27-25-. The third-order valence-electron chi connectivity index (χ3n) is 6.44. The second-order valence-corrected chi connectivity index (χ2v) is 8.55. The zero-order valence-electron chi connectivity index (χ0n) is 20.8. The molecule has 1 heterocycles. The summed E-state index contributed by atoms with van der Waals surface area (Å²) in [6.07, 6.45) is 0.533. The number of amides is 1. The van der Waals surface area contributed by atoms with Gasteiger partial charge in [0.15, 0.2) is 0 Å². The minimum absolute atomic E-state index is 0.0597. The molecule has 0 saturated carbocycles. The number of carbonyl (C=O) groups is 2. The van der Waals surface area contributed by atoms with Gasteiger partial charge in [-0.15, -0.1) is 0 Å². The largest absolute Gasteiger partial charge is 0.507 e. The zero-order chi connectivity index (χ0) is 25.8. The summed E-state index contributed by atoms with van der Waals surface area (Å²) >= 11 is 0. The van der Waals surface area contributed by atoms with Crippen LogP contribution >= 0.6 is 0 Å². The van der Waals surface area contributed by atoms with E-state index in [2.05, 4.69) is 0 Å². The number of methoxy groups -OCH3 is 3. The maximum Gasteiger partial charge on any atom is 0.295 e. The first-order valence-electron chi connectivity index (χ1n) is 11.6. The minimum atomic E-state index is -0.739. The highest BCUT2D eigenvalue weighted by Gasteiger charge is 2.45. The van der Waals surface area contributed by atoms with Crippen LogP contribution in [0.15, 0.2) is 72.3 Å². The zero-order valence-corrected chi connectivity index (χ0v) is 20.8. The molecule has 3 aromatic rings. The van der Waals surface area contributed by atoms with E-state index in [1.165, 1.54) is 4.90 Å². The van der Waals surface area contributed by atoms with Crippen LogP contribution in [-0.2, 0) is 16.0 Å². The summed E-state index contributed by atoms with van der Waals surface area (Å²) in [4.78, 5) is 28.0. The van der Waals surface area contributed by atoms with Crippen LogP contribution in [0.25, 0.3) is 5.76 Å². The van der Waals surface area contributed by atoms with Crippen molar-refractivity contribution in [3.63, 3.8) is 0 Å². The number of carbonyl (C=O) groups excluding carboxylic acids is 2. The average Bonchev–Trinajstić information content (AvgIpc) is 3.16. The molecule has 1 aliphatic heterocycles. The maximum absolute atomic E-state index is 13.3. The number of hydrogen-bond donors (Lipinski definition) is 1. The summed E-state index contributed by atoms with van der Waals surface area (Å²) in [5.74, 6) is 0.490. The van der Waals surface area contributed by atoms with Crippen LogP contribution in [0.5, 0.6) is 17.2 Å². The van der Waals surface area contributed by atoms with Gasteiger partial charge in [-0.3, -0.25) is 9.59 Å². The van der Waals surface area contributed by atoms with Crippen LogP contribution in [-0.4, -0.2) is 49.6 Å². The molecular formula is C29H29NO6. The van der Waals surface area contributed by atoms with E-state index < -0.39 is 17.7 Å². The molecule has 36 heavy (non-hydrogen) atoms. The van der Waals surface area contributed by atoms with Crippen molar-refractivity contribution in [2.75, 3.05) is 27.9 Å². The smallest absolute Gasteiger partial charge is 0.295 e. The Balaban J connectivity index is 1.75. The lowest BCUT2D eigenvalue weighted by atomic mass is 9.94. The summed E-state index contributed by atoms with van der Waals surface area (Å²) < 4.78 is 15.8. The average molecular weight is 488 g/mol. The van der Waals surface area contributed by atoms with Crippen LogP contribution < -0.4 is 14.2 Å². The summed E-state index contributed by atoms with van der Waals surface area (Å²) in [6.45, 7) is 2.15. The van der Waals surface area contributed by atoms with E-state index >= 15 is 0 Å². The van der Waals surface area contributed by atoms with Gasteiger partial charge in [-0.05, 0) is 72.5 Å². The van der Waals surface area contributed by atoms with Crippen LogP contribution in [0.1, 0.15) is 28.3 Å². The van der Waals surface area contributed by atoms with E-state index in [-0.39, 0.29) is 11.3 Å². The van der Waals surface area contributed by atoms with Gasteiger partial charge in [-0.2, -0.15) is 0 Å². The molecule has 0 aliphatic carbocycles. The monoisotopic (exact) mass is 487 g/mol. The maximum atomic E-state index is 13.3. The Labute approximate surface area is 210 Å². The fourth-order valence-electron chi connectivity index (χ4n) is 4.47. The second-order valence-electron chi connectivity index (χ2n) is 8.55. The number of Topliss-reactive ketones (excluding diaryl/α,β-unsaturated/α-hetero) is 1. The minimum Gasteiger partial charge on any atom is -0.507 e. The molecule has 1 unspecified atom stereocenters. The molecule has 0 bridgehead atoms. The van der Waals surface area contributed by atoms with Crippen molar-refractivity contribution in [2.24, 2.45) is 0 Å². The van der Waals surface area contributed by atoms with Crippen LogP contribution in [0.2, 0.25) is 0 Å². The molecule has 4 rings (SSSR count). The van der Waals surface area contributed by atoms with Gasteiger partial charge in [-0.25, -0.2) is 0 Å². The predicted octanol–water partition coefficient (Wildman–Crippen LogP) is 4.69. The Bertz CT molecular complexity index is 1290. The van der Waals surface area contributed by atoms with Gasteiger partial charge in [0.25, 0.3) is 11.7 Å². The van der Waals surface area contributed by atoms with Crippen LogP contribution in [0.4, 0.5) is 0 Å². The Morgan fingerprint density at radius 1 is 0.861 bits per heavy atom. The summed E-state index contributed by atoms with van der Waals surface area (Å²) in [7, 11) is 4.75. The lowest BCUT2D eigenvalue weighted by Gasteiger charge is -2.25. The first-order chi connectivity index (χ1) is 17.4. The Morgan fingerprint density at radius 2 is 1.47 bits per heavy atom. The SMILES string of the molecule is COc1ccc(CCN2C(=O)C(=O)/C(=C(\O)c3ccc(OC)c(C)c3)C2c2ccc(OC)cc2)cc1. The number of aliphatic hydroxyl groups excluding tert-OH is 1. The molecule has 3 aromatic carbocycles. The molecule has 186 valence electrons. The lowest BCUT2D eigenvalue weighted by Crippen LogP contribution is -2.31. The molecule has 1 saturated heterocycles. The number of aryl methyl sites for hydroxylation is 1. The van der Waals surface area contributed by atoms with Gasteiger partial charge in [0, 0.05) is 12.1 Å². The van der Waals surface area contributed by atoms with Gasteiger partial charge in [0.05, 0.1) is 32.9 Å². The van der Waals surface area contributed by atoms with Gasteiger partial charge >= 0.3 is 0 Å². The highest BCUT2D eigenvalue weighted by atomic mass is 16.5. The molecule has 0 radical (unpaired) electrons. The van der Waals surface area contributed by atoms with Crippen LogP contribution in [0.3, 0.4) is 0 Å². The van der Waals surface area contributed by atoms with Crippen molar-refractivity contribution in [1.29, 1.82) is 0 Å². The number of aliphatic hydroxyl groups is 1. The van der Waals surface area contributed by atoms with Gasteiger partial charge < -0.3 is 24.2 Å². The van der Waals surface area contributed by atoms with Gasteiger partial charge in [0.2, 0.25) is 0 Å². The number of likely N-dealkylation sites (tertiary alicyclic amines) is 1. The van der Waals surface area contributed by atoms with E-state index in [1.54, 1.807) is 51.7 Å². The molecule has 1 atom stereocenters. The second kappa shape index (κ2) is 10.6. The number of benzene rings is 3. The molecule has 7 heteroatoms. The van der Waals surface area contributed by atoms with Crippen molar-refractivity contribution < 1.29 is 28.9 Å². The number of ketones is 1. The molecule has 1 amide bonds. The van der Waals surface area contributed by atoms with E-state index in [1.807, 2.05) is 43.3 Å². The normalized spacial score (nSPS) is 16.8. The number of nitrogens with zero attached hydrogens (tertiary/aromatic N) is 1. The van der Waals surface area contributed by atoms with Crippen molar-refractivity contribution in [1.82, 2.24) is 4.90 Å². The lowest BCUT2D eigenvalue weighted by molar-refractivity contribution is -0.139. The summed E-state index contributed by atoms with van der Waals surface area (Å²) in [5.41, 5.74) is 3.01. The van der Waals surface area contributed by atoms with Crippen molar-refractivity contribution >= 4 is 17.4 Å². The van der Waals surface area contributed by atoms with Crippen molar-refractivity contribution in [3.05, 3.63) is 94.6 Å². The van der Waals surface area contributed by atoms with E-state index in [9.17, 15) is 14.7 Å². The molecule has 0 spiro atoms. The number of rotatable bonds is 8. The predicted molar refractivity (Wildman–Crippen MR) is 136 cm³/mol. The highest BCUT2D eigenvalue weighted by Crippen LogP contribution is 2.40. The van der Waals surface area contributed by atoms with Crippen molar-refractivity contribution in [2.45, 2.75) is 19.4 Å². The Kier molecular flexibility index (Phi) is 7.29. The number of ether oxygens (including phenoxy) is 3. The molecule has 7 nitrogen and oxygen atoms in total. The van der Waals surface area contributed by atoms with Gasteiger partial charge in [0.1, 0.15) is 23.0 Å². The Hall–Kier alpha value is -4.26. The van der Waals surface area contributed by atoms with E-state index in [0.29, 0.717) is 35.6 Å². The topological polar surface area (TPSA) is 85.3 Å². The summed E-state index contributed by atoms with van der Waals surface area (Å²) in [5, 5.41) is 11.3. The first kappa shape index (κ1) is 24.9. The third-order valence-corrected chi connectivity index (χ3v) is 6.44. The van der Waals surface area contributed by atoms with Gasteiger partial charge in [-0.1, -0.05) is 24.3 Å². The fourth-order valence-corrected chi connectivity index (χ4v) is 4.47. The molecule has 0 aromatic heterocycles.